The topological polar surface area (TPSA) is 57.5 Å². The van der Waals surface area contributed by atoms with Gasteiger partial charge < -0.3 is 10.2 Å². The van der Waals surface area contributed by atoms with Gasteiger partial charge in [0.25, 0.3) is 0 Å². The van der Waals surface area contributed by atoms with Crippen molar-refractivity contribution in [3.8, 4) is 0 Å². The van der Waals surface area contributed by atoms with E-state index in [-0.39, 0.29) is 38.6 Å². The number of carboxylic acids is 1. The summed E-state index contributed by atoms with van der Waals surface area (Å²) in [6.07, 6.45) is -1.23. The Labute approximate surface area is 72.2 Å². The molecule has 0 saturated heterocycles. The predicted molar refractivity (Wildman–Crippen MR) is 19.3 cm³/mol. The van der Waals surface area contributed by atoms with Crippen LogP contribution in [0.1, 0.15) is 6.92 Å². The summed E-state index contributed by atoms with van der Waals surface area (Å²) >= 11 is 0. The third-order valence-corrected chi connectivity index (χ3v) is 0.357. The zero-order valence-corrected chi connectivity index (χ0v) is 5.85. The van der Waals surface area contributed by atoms with Gasteiger partial charge in [-0.05, 0) is 6.92 Å². The van der Waals surface area contributed by atoms with Gasteiger partial charge in [-0.1, -0.05) is 0 Å². The second-order valence-electron chi connectivity index (χ2n) is 1.01. The standard InChI is InChI=1S/C3H6O3.Tb/c1-2(4)3(5)6;/h2,4H,1H3,(H,5,6);. The summed E-state index contributed by atoms with van der Waals surface area (Å²) in [5, 5.41) is 15.8. The summed E-state index contributed by atoms with van der Waals surface area (Å²) < 4.78 is 0. The molecule has 0 aromatic carbocycles. The third kappa shape index (κ3) is 6.72. The molecule has 7 heavy (non-hydrogen) atoms. The Kier molecular flexibility index (Phi) is 7.40. The van der Waals surface area contributed by atoms with Crippen LogP contribution in [0.15, 0.2) is 0 Å². The Hall–Kier alpha value is 0.716. The minimum Gasteiger partial charge on any atom is -0.479 e. The Morgan fingerprint density at radius 3 is 1.86 bits per heavy atom. The average molecular weight is 249 g/mol. The van der Waals surface area contributed by atoms with Gasteiger partial charge in [0.15, 0.2) is 0 Å². The summed E-state index contributed by atoms with van der Waals surface area (Å²) in [5.74, 6) is -1.19. The molecule has 0 heterocycles. The molecule has 1 unspecified atom stereocenters. The number of hydrogen-bond donors (Lipinski definition) is 2. The molecular formula is C3H6O3Tb. The van der Waals surface area contributed by atoms with E-state index in [0.29, 0.717) is 0 Å². The number of hydrogen-bond acceptors (Lipinski definition) is 2. The summed E-state index contributed by atoms with van der Waals surface area (Å²) in [6, 6.07) is 0. The number of aliphatic carboxylic acids is 1. The zero-order valence-electron chi connectivity index (χ0n) is 3.71. The van der Waals surface area contributed by atoms with E-state index >= 15 is 0 Å². The van der Waals surface area contributed by atoms with Crippen molar-refractivity contribution >= 4 is 5.97 Å². The summed E-state index contributed by atoms with van der Waals surface area (Å²) in [4.78, 5) is 9.45. The molecule has 0 aromatic rings. The van der Waals surface area contributed by atoms with Crippen LogP contribution < -0.4 is 0 Å². The minimum atomic E-state index is -1.23. The van der Waals surface area contributed by atoms with Gasteiger partial charge in [-0.25, -0.2) is 4.79 Å². The van der Waals surface area contributed by atoms with Gasteiger partial charge in [-0.2, -0.15) is 0 Å². The van der Waals surface area contributed by atoms with Gasteiger partial charge >= 0.3 is 5.97 Å². The van der Waals surface area contributed by atoms with Crippen molar-refractivity contribution < 1.29 is 53.6 Å². The van der Waals surface area contributed by atoms with Crippen LogP contribution in [0, 0.1) is 38.6 Å². The van der Waals surface area contributed by atoms with Crippen LogP contribution in [0.5, 0.6) is 0 Å². The Morgan fingerprint density at radius 2 is 1.86 bits per heavy atom. The van der Waals surface area contributed by atoms with Crippen LogP contribution in [0.2, 0.25) is 0 Å². The van der Waals surface area contributed by atoms with E-state index in [2.05, 4.69) is 0 Å². The van der Waals surface area contributed by atoms with Gasteiger partial charge in [0.1, 0.15) is 6.10 Å². The van der Waals surface area contributed by atoms with Gasteiger partial charge in [-0.15, -0.1) is 0 Å². The van der Waals surface area contributed by atoms with Crippen LogP contribution in [-0.4, -0.2) is 22.3 Å². The molecule has 0 aromatic heterocycles. The van der Waals surface area contributed by atoms with Gasteiger partial charge in [0.05, 0.1) is 0 Å². The first kappa shape index (κ1) is 10.7. The van der Waals surface area contributed by atoms with Crippen molar-refractivity contribution in [3.05, 3.63) is 0 Å². The normalized spacial score (nSPS) is 11.7. The molecule has 0 aliphatic rings. The molecule has 0 amide bonds. The second kappa shape index (κ2) is 4.86. The molecule has 45 valence electrons. The van der Waals surface area contributed by atoms with Gasteiger partial charge in [-0.3, -0.25) is 0 Å². The van der Waals surface area contributed by atoms with Crippen LogP contribution in [-0.2, 0) is 4.79 Å². The van der Waals surface area contributed by atoms with Crippen molar-refractivity contribution in [3.63, 3.8) is 0 Å². The molecule has 1 radical (unpaired) electrons. The van der Waals surface area contributed by atoms with E-state index in [1.165, 1.54) is 6.92 Å². The van der Waals surface area contributed by atoms with Crippen LogP contribution >= 0.6 is 0 Å². The molecule has 0 spiro atoms. The van der Waals surface area contributed by atoms with E-state index in [9.17, 15) is 4.79 Å². The molecule has 3 nitrogen and oxygen atoms in total. The van der Waals surface area contributed by atoms with Crippen molar-refractivity contribution in [2.45, 2.75) is 13.0 Å². The molecule has 2 N–H and O–H groups in total. The summed E-state index contributed by atoms with van der Waals surface area (Å²) in [5.41, 5.74) is 0. The monoisotopic (exact) mass is 249 g/mol. The maximum atomic E-state index is 9.45. The van der Waals surface area contributed by atoms with E-state index in [4.69, 9.17) is 10.2 Å². The molecule has 0 fully saturated rings. The van der Waals surface area contributed by atoms with Crippen LogP contribution in [0.3, 0.4) is 0 Å². The first-order chi connectivity index (χ1) is 2.64. The maximum absolute atomic E-state index is 9.45. The summed E-state index contributed by atoms with van der Waals surface area (Å²) in [6.45, 7) is 1.20. The molecule has 4 heteroatoms. The minimum absolute atomic E-state index is 0. The SMILES string of the molecule is CC(O)C(=O)O.[Tb]. The average Bonchev–Trinajstić information content (AvgIpc) is 1.36. The quantitative estimate of drug-likeness (QED) is 0.655. The number of aliphatic hydroxyl groups excluding tert-OH is 1. The maximum Gasteiger partial charge on any atom is 0.332 e. The Balaban J connectivity index is 0. The first-order valence-corrected chi connectivity index (χ1v) is 1.55. The van der Waals surface area contributed by atoms with Crippen molar-refractivity contribution in [1.82, 2.24) is 0 Å². The third-order valence-electron chi connectivity index (χ3n) is 0.357. The number of carboxylic acid groups (broad SMARTS) is 1. The molecule has 0 bridgehead atoms. The number of aliphatic hydroxyl groups is 1. The molecular weight excluding hydrogens is 243 g/mol. The molecule has 0 rings (SSSR count). The van der Waals surface area contributed by atoms with E-state index < -0.39 is 12.1 Å². The summed E-state index contributed by atoms with van der Waals surface area (Å²) in [7, 11) is 0. The first-order valence-electron chi connectivity index (χ1n) is 1.55. The molecule has 0 saturated carbocycles. The zero-order chi connectivity index (χ0) is 5.15. The molecule has 1 atom stereocenters. The molecule has 0 aliphatic heterocycles. The fourth-order valence-electron chi connectivity index (χ4n) is 0. The van der Waals surface area contributed by atoms with Crippen LogP contribution in [0.4, 0.5) is 0 Å². The van der Waals surface area contributed by atoms with Crippen molar-refractivity contribution in [2.75, 3.05) is 0 Å². The largest absolute Gasteiger partial charge is 0.479 e. The van der Waals surface area contributed by atoms with E-state index in [0.717, 1.165) is 0 Å². The predicted octanol–water partition coefficient (Wildman–Crippen LogP) is -0.548. The molecule has 0 aliphatic carbocycles. The number of rotatable bonds is 1. The van der Waals surface area contributed by atoms with Crippen molar-refractivity contribution in [2.24, 2.45) is 0 Å². The Bertz CT molecular complexity index is 61.2. The second-order valence-corrected chi connectivity index (χ2v) is 1.01. The fraction of sp³-hybridized carbons (Fsp3) is 0.667. The smallest absolute Gasteiger partial charge is 0.332 e. The van der Waals surface area contributed by atoms with Gasteiger partial charge in [0, 0.05) is 38.6 Å². The van der Waals surface area contributed by atoms with Crippen LogP contribution in [0.25, 0.3) is 0 Å². The van der Waals surface area contributed by atoms with Crippen molar-refractivity contribution in [1.29, 1.82) is 0 Å². The van der Waals surface area contributed by atoms with Gasteiger partial charge in [0.2, 0.25) is 0 Å². The fourth-order valence-corrected chi connectivity index (χ4v) is 0. The van der Waals surface area contributed by atoms with E-state index in [1.807, 2.05) is 0 Å². The number of carbonyl (C=O) groups is 1. The van der Waals surface area contributed by atoms with E-state index in [1.54, 1.807) is 0 Å². The Morgan fingerprint density at radius 1 is 1.71 bits per heavy atom.